The van der Waals surface area contributed by atoms with Crippen LogP contribution in [0.25, 0.3) is 0 Å². The molecule has 0 spiro atoms. The molecule has 2 saturated heterocycles. The summed E-state index contributed by atoms with van der Waals surface area (Å²) >= 11 is 0. The molecule has 110 valence electrons. The van der Waals surface area contributed by atoms with Crippen LogP contribution in [0.2, 0.25) is 0 Å². The largest absolute Gasteiger partial charge is 1.00 e. The maximum absolute atomic E-state index is 13.0. The van der Waals surface area contributed by atoms with E-state index in [1.54, 1.807) is 6.07 Å². The fourth-order valence-corrected chi connectivity index (χ4v) is 3.49. The Labute approximate surface area is 144 Å². The van der Waals surface area contributed by atoms with E-state index in [0.717, 1.165) is 0 Å². The molecule has 0 saturated carbocycles. The van der Waals surface area contributed by atoms with Gasteiger partial charge in [-0.3, -0.25) is 4.21 Å². The summed E-state index contributed by atoms with van der Waals surface area (Å²) in [6, 6.07) is 0.534. The number of carbonyl (C=O) groups is 2. The summed E-state index contributed by atoms with van der Waals surface area (Å²) in [6.07, 6.45) is -1.96. The van der Waals surface area contributed by atoms with Gasteiger partial charge in [0.2, 0.25) is 0 Å². The molecule has 2 aliphatic heterocycles. The van der Waals surface area contributed by atoms with Crippen molar-refractivity contribution in [1.29, 1.82) is 5.26 Å². The Morgan fingerprint density at radius 3 is 2.86 bits per heavy atom. The third kappa shape index (κ3) is 3.73. The number of rotatable bonds is 5. The zero-order valence-corrected chi connectivity index (χ0v) is 14.0. The molecule has 0 aliphatic carbocycles. The number of halogens is 1. The number of carboxylic acid groups (broad SMARTS) is 1. The number of aliphatic carboxylic acids is 1. The van der Waals surface area contributed by atoms with E-state index in [9.17, 15) is 23.3 Å². The van der Waals surface area contributed by atoms with E-state index in [4.69, 9.17) is 5.26 Å². The normalized spacial score (nSPS) is 26.8. The number of piperidine rings is 1. The Kier molecular flexibility index (Phi) is 6.55. The van der Waals surface area contributed by atoms with Crippen molar-refractivity contribution in [3.05, 3.63) is 0 Å². The zero-order chi connectivity index (χ0) is 14.9. The van der Waals surface area contributed by atoms with Crippen molar-refractivity contribution in [3.63, 3.8) is 0 Å². The van der Waals surface area contributed by atoms with Gasteiger partial charge in [-0.2, -0.15) is 10.3 Å². The van der Waals surface area contributed by atoms with Gasteiger partial charge in [-0.05, 0) is 12.8 Å². The standard InChI is InChI=1S/C10H12FN3O5S.Na/c11-8(9(15)16)19-14-6-1-2-7(20(18)4-3-12)13(5-6)10(14)17;/h6-8H,1-2,4-5H2,(H,15,16);/q;+1/p-1/t6-,7-,8+,20-;/m1./s1. The number of fused-ring (bicyclic) bond motifs is 2. The maximum atomic E-state index is 13.0. The predicted octanol–water partition coefficient (Wildman–Crippen LogP) is -4.53. The Morgan fingerprint density at radius 1 is 1.62 bits per heavy atom. The predicted molar refractivity (Wildman–Crippen MR) is 60.4 cm³/mol. The topological polar surface area (TPSA) is 114 Å². The SMILES string of the molecule is N#CC[S@@](=O)[C@@H]1CC[C@@H]2CN1C(=O)N2O[C@H](F)C(=O)[O-].[Na+]. The third-order valence-electron chi connectivity index (χ3n) is 3.17. The molecule has 21 heavy (non-hydrogen) atoms. The van der Waals surface area contributed by atoms with Gasteiger partial charge in [-0.1, -0.05) is 0 Å². The molecule has 2 fully saturated rings. The van der Waals surface area contributed by atoms with E-state index in [1.165, 1.54) is 4.90 Å². The van der Waals surface area contributed by atoms with Crippen LogP contribution >= 0.6 is 0 Å². The Hall–Kier alpha value is -0.730. The summed E-state index contributed by atoms with van der Waals surface area (Å²) in [5, 5.41) is 18.9. The van der Waals surface area contributed by atoms with Gasteiger partial charge in [0.05, 0.1) is 22.9 Å². The van der Waals surface area contributed by atoms with Crippen molar-refractivity contribution in [2.45, 2.75) is 30.6 Å². The molecule has 2 bridgehead atoms. The second-order valence-electron chi connectivity index (χ2n) is 4.37. The van der Waals surface area contributed by atoms with Gasteiger partial charge in [0.25, 0.3) is 6.36 Å². The van der Waals surface area contributed by atoms with Crippen LogP contribution in [-0.4, -0.2) is 56.2 Å². The number of hydrogen-bond acceptors (Lipinski definition) is 6. The number of amides is 2. The van der Waals surface area contributed by atoms with Gasteiger partial charge in [-0.25, -0.2) is 14.0 Å². The zero-order valence-electron chi connectivity index (χ0n) is 11.2. The van der Waals surface area contributed by atoms with Crippen LogP contribution in [0.15, 0.2) is 0 Å². The summed E-state index contributed by atoms with van der Waals surface area (Å²) in [5.74, 6) is -2.27. The second-order valence-corrected chi connectivity index (χ2v) is 5.96. The van der Waals surface area contributed by atoms with E-state index in [0.29, 0.717) is 17.9 Å². The van der Waals surface area contributed by atoms with Gasteiger partial charge in [0.1, 0.15) is 17.1 Å². The van der Waals surface area contributed by atoms with Crippen molar-refractivity contribution >= 4 is 22.8 Å². The molecule has 2 amide bonds. The molecule has 2 aliphatic rings. The first-order chi connectivity index (χ1) is 9.45. The molecule has 4 atom stereocenters. The van der Waals surface area contributed by atoms with Crippen LogP contribution in [0.4, 0.5) is 9.18 Å². The molecule has 2 heterocycles. The van der Waals surface area contributed by atoms with Crippen LogP contribution in [-0.2, 0) is 20.4 Å². The molecule has 2 rings (SSSR count). The summed E-state index contributed by atoms with van der Waals surface area (Å²) < 4.78 is 24.8. The number of carbonyl (C=O) groups excluding carboxylic acids is 2. The average molecular weight is 327 g/mol. The quantitative estimate of drug-likeness (QED) is 0.470. The molecule has 0 unspecified atom stereocenters. The Balaban J connectivity index is 0.00000220. The van der Waals surface area contributed by atoms with Gasteiger partial charge >= 0.3 is 35.6 Å². The Bertz CT molecular complexity index is 502. The molecule has 8 nitrogen and oxygen atoms in total. The third-order valence-corrected chi connectivity index (χ3v) is 4.68. The molecule has 0 N–H and O–H groups in total. The number of nitrogens with zero attached hydrogens (tertiary/aromatic N) is 3. The average Bonchev–Trinajstić information content (AvgIpc) is 2.64. The minimum atomic E-state index is -2.73. The fourth-order valence-electron chi connectivity index (χ4n) is 2.31. The first kappa shape index (κ1) is 18.3. The summed E-state index contributed by atoms with van der Waals surface area (Å²) in [6.45, 7) is 0.167. The first-order valence-corrected chi connectivity index (χ1v) is 7.19. The van der Waals surface area contributed by atoms with Gasteiger partial charge in [-0.15, -0.1) is 0 Å². The van der Waals surface area contributed by atoms with Crippen molar-refractivity contribution in [3.8, 4) is 6.07 Å². The van der Waals surface area contributed by atoms with Gasteiger partial charge in [0, 0.05) is 6.54 Å². The van der Waals surface area contributed by atoms with Crippen LogP contribution in [0.5, 0.6) is 0 Å². The monoisotopic (exact) mass is 327 g/mol. The van der Waals surface area contributed by atoms with Crippen molar-refractivity contribution < 1.29 is 57.7 Å². The Morgan fingerprint density at radius 2 is 2.29 bits per heavy atom. The van der Waals surface area contributed by atoms with E-state index >= 15 is 0 Å². The fraction of sp³-hybridized carbons (Fsp3) is 0.700. The molecular weight excluding hydrogens is 316 g/mol. The minimum absolute atomic E-state index is 0. The molecule has 0 aromatic carbocycles. The maximum Gasteiger partial charge on any atom is 1.00 e. The van der Waals surface area contributed by atoms with Crippen LogP contribution in [0.3, 0.4) is 0 Å². The van der Waals surface area contributed by atoms with E-state index in [2.05, 4.69) is 4.84 Å². The molecular formula is C10H11FN3NaO5S. The summed E-state index contributed by atoms with van der Waals surface area (Å²) in [7, 11) is -1.53. The van der Waals surface area contributed by atoms with E-state index < -0.39 is 40.6 Å². The first-order valence-electron chi connectivity index (χ1n) is 5.81. The van der Waals surface area contributed by atoms with Crippen molar-refractivity contribution in [2.75, 3.05) is 12.3 Å². The summed E-state index contributed by atoms with van der Waals surface area (Å²) in [4.78, 5) is 28.0. The van der Waals surface area contributed by atoms with Crippen molar-refractivity contribution in [1.82, 2.24) is 9.96 Å². The van der Waals surface area contributed by atoms with Crippen LogP contribution in [0, 0.1) is 11.3 Å². The van der Waals surface area contributed by atoms with Gasteiger partial charge in [0.15, 0.2) is 0 Å². The van der Waals surface area contributed by atoms with Crippen molar-refractivity contribution in [2.24, 2.45) is 0 Å². The number of hydrogen-bond donors (Lipinski definition) is 0. The number of carboxylic acids is 1. The van der Waals surface area contributed by atoms with Crippen LogP contribution < -0.4 is 34.7 Å². The van der Waals surface area contributed by atoms with Crippen LogP contribution in [0.1, 0.15) is 12.8 Å². The number of hydroxylamine groups is 2. The number of nitriles is 1. The molecule has 0 aromatic heterocycles. The molecule has 11 heteroatoms. The van der Waals surface area contributed by atoms with E-state index in [-0.39, 0.29) is 41.9 Å². The smallest absolute Gasteiger partial charge is 0.544 e. The second kappa shape index (κ2) is 7.51. The van der Waals surface area contributed by atoms with E-state index in [1.807, 2.05) is 0 Å². The minimum Gasteiger partial charge on any atom is -0.544 e. The number of urea groups is 1. The molecule has 0 aromatic rings. The molecule has 0 radical (unpaired) electrons. The summed E-state index contributed by atoms with van der Waals surface area (Å²) in [5.41, 5.74) is 0. The number of alkyl halides is 1. The van der Waals surface area contributed by atoms with Gasteiger partial charge < -0.3 is 14.8 Å².